The maximum Gasteiger partial charge on any atom is 0.203 e. The van der Waals surface area contributed by atoms with Gasteiger partial charge in [0, 0.05) is 13.1 Å². The average molecular weight is 386 g/mol. The van der Waals surface area contributed by atoms with Crippen LogP contribution < -0.4 is 24.8 Å². The number of guanidine groups is 1. The van der Waals surface area contributed by atoms with Crippen LogP contribution in [-0.2, 0) is 13.0 Å². The molecule has 152 valence electrons. The van der Waals surface area contributed by atoms with Gasteiger partial charge in [-0.05, 0) is 43.0 Å². The van der Waals surface area contributed by atoms with Gasteiger partial charge in [0.05, 0.1) is 27.9 Å². The van der Waals surface area contributed by atoms with E-state index in [0.29, 0.717) is 23.8 Å². The lowest BCUT2D eigenvalue weighted by Gasteiger charge is -2.14. The molecule has 0 aliphatic carbocycles. The van der Waals surface area contributed by atoms with Crippen molar-refractivity contribution in [3.05, 3.63) is 53.6 Å². The van der Waals surface area contributed by atoms with Gasteiger partial charge in [0.1, 0.15) is 0 Å². The maximum atomic E-state index is 5.41. The average Bonchev–Trinajstić information content (AvgIpc) is 2.74. The fourth-order valence-electron chi connectivity index (χ4n) is 2.88. The zero-order valence-corrected chi connectivity index (χ0v) is 17.2. The number of nitrogens with one attached hydrogen (secondary N) is 2. The molecule has 0 bridgehead atoms. The van der Waals surface area contributed by atoms with Crippen LogP contribution in [0.4, 0.5) is 0 Å². The molecule has 0 amide bonds. The van der Waals surface area contributed by atoms with Gasteiger partial charge < -0.3 is 24.8 Å². The summed E-state index contributed by atoms with van der Waals surface area (Å²) in [7, 11) is 4.83. The molecule has 0 unspecified atom stereocenters. The van der Waals surface area contributed by atoms with Crippen molar-refractivity contribution in [2.45, 2.75) is 26.3 Å². The van der Waals surface area contributed by atoms with E-state index in [1.54, 1.807) is 21.3 Å². The number of methoxy groups -OCH3 is 3. The third-order valence-electron chi connectivity index (χ3n) is 4.27. The Hall–Kier alpha value is -2.89. The first kappa shape index (κ1) is 21.4. The molecular weight excluding hydrogens is 354 g/mol. The molecule has 0 fully saturated rings. The summed E-state index contributed by atoms with van der Waals surface area (Å²) in [5.74, 6) is 2.65. The third-order valence-corrected chi connectivity index (χ3v) is 4.27. The molecule has 2 aromatic rings. The second-order valence-corrected chi connectivity index (χ2v) is 6.24. The monoisotopic (exact) mass is 385 g/mol. The van der Waals surface area contributed by atoms with E-state index < -0.39 is 0 Å². The van der Waals surface area contributed by atoms with E-state index in [2.05, 4.69) is 46.8 Å². The van der Waals surface area contributed by atoms with Crippen LogP contribution in [0.25, 0.3) is 0 Å². The Kier molecular flexibility index (Phi) is 8.98. The summed E-state index contributed by atoms with van der Waals surface area (Å²) in [6.45, 7) is 4.22. The predicted octanol–water partition coefficient (Wildman–Crippen LogP) is 3.40. The smallest absolute Gasteiger partial charge is 0.203 e. The zero-order chi connectivity index (χ0) is 20.2. The summed E-state index contributed by atoms with van der Waals surface area (Å²) in [6.07, 6.45) is 2.08. The quantitative estimate of drug-likeness (QED) is 0.373. The lowest BCUT2D eigenvalue weighted by Crippen LogP contribution is -2.37. The standard InChI is InChI=1S/C22H31N3O3/c1-5-23-22(24-13-9-12-17-10-7-6-8-11-17)25-16-18-14-19(26-2)21(28-4)20(15-18)27-3/h6-8,10-11,14-15H,5,9,12-13,16H2,1-4H3,(H2,23,24,25). The minimum atomic E-state index is 0.505. The molecular formula is C22H31N3O3. The van der Waals surface area contributed by atoms with Crippen LogP contribution in [0.1, 0.15) is 24.5 Å². The number of aliphatic imine (C=N–C) groups is 1. The van der Waals surface area contributed by atoms with Crippen LogP contribution in [0.15, 0.2) is 47.5 Å². The van der Waals surface area contributed by atoms with E-state index in [9.17, 15) is 0 Å². The molecule has 0 radical (unpaired) electrons. The topological polar surface area (TPSA) is 64.1 Å². The van der Waals surface area contributed by atoms with Gasteiger partial charge in [0.15, 0.2) is 17.5 Å². The van der Waals surface area contributed by atoms with Gasteiger partial charge in [0.2, 0.25) is 5.75 Å². The van der Waals surface area contributed by atoms with Crippen LogP contribution in [0.2, 0.25) is 0 Å². The lowest BCUT2D eigenvalue weighted by molar-refractivity contribution is 0.324. The molecule has 0 atom stereocenters. The Bertz CT molecular complexity index is 723. The zero-order valence-electron chi connectivity index (χ0n) is 17.2. The van der Waals surface area contributed by atoms with E-state index in [-0.39, 0.29) is 0 Å². The van der Waals surface area contributed by atoms with Crippen molar-refractivity contribution >= 4 is 5.96 Å². The number of ether oxygens (including phenoxy) is 3. The SMILES string of the molecule is CCNC(=NCc1cc(OC)c(OC)c(OC)c1)NCCCc1ccccc1. The molecule has 0 saturated carbocycles. The molecule has 0 spiro atoms. The van der Waals surface area contributed by atoms with Crippen molar-refractivity contribution in [1.29, 1.82) is 0 Å². The van der Waals surface area contributed by atoms with E-state index in [1.165, 1.54) is 5.56 Å². The molecule has 0 heterocycles. The summed E-state index contributed by atoms with van der Waals surface area (Å²) in [5.41, 5.74) is 2.33. The molecule has 0 saturated heterocycles. The predicted molar refractivity (Wildman–Crippen MR) is 114 cm³/mol. The Morgan fingerprint density at radius 2 is 1.57 bits per heavy atom. The fourth-order valence-corrected chi connectivity index (χ4v) is 2.88. The van der Waals surface area contributed by atoms with Gasteiger partial charge >= 0.3 is 0 Å². The second-order valence-electron chi connectivity index (χ2n) is 6.24. The number of nitrogens with zero attached hydrogens (tertiary/aromatic N) is 1. The second kappa shape index (κ2) is 11.7. The summed E-state index contributed by atoms with van der Waals surface area (Å²) in [6, 6.07) is 14.3. The first-order chi connectivity index (χ1) is 13.7. The third kappa shape index (κ3) is 6.37. The lowest BCUT2D eigenvalue weighted by atomic mass is 10.1. The number of hydrogen-bond acceptors (Lipinski definition) is 4. The van der Waals surface area contributed by atoms with Gasteiger partial charge in [-0.15, -0.1) is 0 Å². The van der Waals surface area contributed by atoms with Gasteiger partial charge in [0.25, 0.3) is 0 Å². The van der Waals surface area contributed by atoms with Crippen molar-refractivity contribution in [3.8, 4) is 17.2 Å². The first-order valence-electron chi connectivity index (χ1n) is 9.56. The summed E-state index contributed by atoms with van der Waals surface area (Å²) >= 11 is 0. The van der Waals surface area contributed by atoms with Crippen molar-refractivity contribution in [2.75, 3.05) is 34.4 Å². The van der Waals surface area contributed by atoms with Gasteiger partial charge in [-0.2, -0.15) is 0 Å². The number of hydrogen-bond donors (Lipinski definition) is 2. The number of rotatable bonds is 10. The van der Waals surface area contributed by atoms with Crippen LogP contribution >= 0.6 is 0 Å². The van der Waals surface area contributed by atoms with Gasteiger partial charge in [-0.25, -0.2) is 4.99 Å². The van der Waals surface area contributed by atoms with Crippen molar-refractivity contribution < 1.29 is 14.2 Å². The minimum Gasteiger partial charge on any atom is -0.493 e. The van der Waals surface area contributed by atoms with Crippen LogP contribution in [0.3, 0.4) is 0 Å². The van der Waals surface area contributed by atoms with Crippen molar-refractivity contribution in [2.24, 2.45) is 4.99 Å². The van der Waals surface area contributed by atoms with E-state index in [0.717, 1.165) is 37.5 Å². The molecule has 6 nitrogen and oxygen atoms in total. The van der Waals surface area contributed by atoms with Crippen LogP contribution in [0, 0.1) is 0 Å². The highest BCUT2D eigenvalue weighted by Crippen LogP contribution is 2.38. The summed E-state index contributed by atoms with van der Waals surface area (Å²) in [5, 5.41) is 6.68. The molecule has 28 heavy (non-hydrogen) atoms. The Labute approximate surface area is 167 Å². The van der Waals surface area contributed by atoms with Gasteiger partial charge in [-0.3, -0.25) is 0 Å². The number of aryl methyl sites for hydroxylation is 1. The highest BCUT2D eigenvalue weighted by atomic mass is 16.5. The summed E-state index contributed by atoms with van der Waals surface area (Å²) in [4.78, 5) is 4.68. The molecule has 0 aliphatic rings. The van der Waals surface area contributed by atoms with E-state index in [4.69, 9.17) is 14.2 Å². The Balaban J connectivity index is 1.97. The highest BCUT2D eigenvalue weighted by molar-refractivity contribution is 5.79. The van der Waals surface area contributed by atoms with E-state index >= 15 is 0 Å². The minimum absolute atomic E-state index is 0.505. The Morgan fingerprint density at radius 3 is 2.14 bits per heavy atom. The molecule has 0 aromatic heterocycles. The molecule has 2 rings (SSSR count). The largest absolute Gasteiger partial charge is 0.493 e. The molecule has 2 aromatic carbocycles. The van der Waals surface area contributed by atoms with Gasteiger partial charge in [-0.1, -0.05) is 30.3 Å². The maximum absolute atomic E-state index is 5.41. The van der Waals surface area contributed by atoms with Crippen molar-refractivity contribution in [3.63, 3.8) is 0 Å². The molecule has 2 N–H and O–H groups in total. The Morgan fingerprint density at radius 1 is 0.893 bits per heavy atom. The fraction of sp³-hybridized carbons (Fsp3) is 0.409. The van der Waals surface area contributed by atoms with Crippen LogP contribution in [-0.4, -0.2) is 40.4 Å². The van der Waals surface area contributed by atoms with E-state index in [1.807, 2.05) is 18.2 Å². The summed E-state index contributed by atoms with van der Waals surface area (Å²) < 4.78 is 16.2. The molecule has 6 heteroatoms. The highest BCUT2D eigenvalue weighted by Gasteiger charge is 2.13. The van der Waals surface area contributed by atoms with Crippen LogP contribution in [0.5, 0.6) is 17.2 Å². The normalized spacial score (nSPS) is 11.1. The van der Waals surface area contributed by atoms with Crippen molar-refractivity contribution in [1.82, 2.24) is 10.6 Å². The molecule has 0 aliphatic heterocycles. The number of benzene rings is 2. The first-order valence-corrected chi connectivity index (χ1v) is 9.56.